The Morgan fingerprint density at radius 1 is 1.32 bits per heavy atom. The largest absolute Gasteiger partial charge is 0.444 e. The molecule has 1 aliphatic heterocycles. The summed E-state index contributed by atoms with van der Waals surface area (Å²) in [5.41, 5.74) is 1.03. The summed E-state index contributed by atoms with van der Waals surface area (Å²) in [6.07, 6.45) is 0.316. The summed E-state index contributed by atoms with van der Waals surface area (Å²) >= 11 is 5.93. The van der Waals surface area contributed by atoms with E-state index in [0.717, 1.165) is 5.56 Å². The number of halogens is 1. The van der Waals surface area contributed by atoms with Crippen LogP contribution in [0.5, 0.6) is 0 Å². The summed E-state index contributed by atoms with van der Waals surface area (Å²) in [6, 6.07) is 5.27. The van der Waals surface area contributed by atoms with Gasteiger partial charge in [0.25, 0.3) is 0 Å². The highest BCUT2D eigenvalue weighted by Gasteiger charge is 2.34. The van der Waals surface area contributed by atoms with Gasteiger partial charge in [-0.25, -0.2) is 4.79 Å². The standard InChI is InChI=1S/C17H22ClNO3/c1-11-9-13(18)5-6-14(11)15(20)12-7-8-19(10-12)16(21)22-17(2,3)4/h5-6,9,12H,7-8,10H2,1-4H3/t12-/m0/s1. The molecule has 120 valence electrons. The van der Waals surface area contributed by atoms with Gasteiger partial charge in [-0.05, 0) is 57.9 Å². The molecule has 5 heteroatoms. The van der Waals surface area contributed by atoms with Crippen molar-refractivity contribution in [1.29, 1.82) is 0 Å². The minimum absolute atomic E-state index is 0.0697. The first-order chi connectivity index (χ1) is 10.2. The van der Waals surface area contributed by atoms with Gasteiger partial charge < -0.3 is 9.64 Å². The molecule has 0 bridgehead atoms. The topological polar surface area (TPSA) is 46.6 Å². The maximum Gasteiger partial charge on any atom is 0.410 e. The number of carbonyl (C=O) groups is 2. The van der Waals surface area contributed by atoms with Crippen LogP contribution in [-0.4, -0.2) is 35.5 Å². The number of ether oxygens (including phenoxy) is 1. The summed E-state index contributed by atoms with van der Waals surface area (Å²) in [7, 11) is 0. The van der Waals surface area contributed by atoms with Gasteiger partial charge in [-0.15, -0.1) is 0 Å². The molecule has 1 aromatic carbocycles. The molecule has 4 nitrogen and oxygen atoms in total. The van der Waals surface area contributed by atoms with E-state index in [9.17, 15) is 9.59 Å². The second-order valence-electron chi connectivity index (χ2n) is 6.74. The van der Waals surface area contributed by atoms with Crippen molar-refractivity contribution >= 4 is 23.5 Å². The highest BCUT2D eigenvalue weighted by atomic mass is 35.5. The van der Waals surface area contributed by atoms with Gasteiger partial charge in [-0.1, -0.05) is 11.6 Å². The number of hydrogen-bond donors (Lipinski definition) is 0. The Morgan fingerprint density at radius 3 is 2.59 bits per heavy atom. The minimum Gasteiger partial charge on any atom is -0.444 e. The lowest BCUT2D eigenvalue weighted by atomic mass is 9.94. The number of ketones is 1. The molecule has 2 rings (SSSR count). The fourth-order valence-corrected chi connectivity index (χ4v) is 2.82. The lowest BCUT2D eigenvalue weighted by Crippen LogP contribution is -2.35. The zero-order valence-corrected chi connectivity index (χ0v) is 14.2. The van der Waals surface area contributed by atoms with Gasteiger partial charge in [0, 0.05) is 29.6 Å². The molecule has 1 saturated heterocycles. The molecule has 0 aromatic heterocycles. The Hall–Kier alpha value is -1.55. The van der Waals surface area contributed by atoms with Crippen LogP contribution in [0, 0.1) is 12.8 Å². The zero-order chi connectivity index (χ0) is 16.5. The first-order valence-electron chi connectivity index (χ1n) is 7.45. The molecule has 0 unspecified atom stereocenters. The molecule has 1 heterocycles. The van der Waals surface area contributed by atoms with Crippen LogP contribution in [0.3, 0.4) is 0 Å². The van der Waals surface area contributed by atoms with Crippen molar-refractivity contribution in [2.75, 3.05) is 13.1 Å². The molecular weight excluding hydrogens is 302 g/mol. The molecule has 0 radical (unpaired) electrons. The SMILES string of the molecule is Cc1cc(Cl)ccc1C(=O)[C@H]1CCN(C(=O)OC(C)(C)C)C1. The third kappa shape index (κ3) is 4.01. The van der Waals surface area contributed by atoms with Gasteiger partial charge in [0.1, 0.15) is 5.60 Å². The molecule has 1 fully saturated rings. The van der Waals surface area contributed by atoms with Crippen molar-refractivity contribution in [3.8, 4) is 0 Å². The summed E-state index contributed by atoms with van der Waals surface area (Å²) in [4.78, 5) is 26.3. The third-order valence-corrected chi connectivity index (χ3v) is 3.90. The molecule has 1 aliphatic rings. The zero-order valence-electron chi connectivity index (χ0n) is 13.5. The Kier molecular flexibility index (Phi) is 4.81. The lowest BCUT2D eigenvalue weighted by molar-refractivity contribution is 0.0289. The van der Waals surface area contributed by atoms with E-state index in [1.165, 1.54) is 0 Å². The molecule has 1 aromatic rings. The van der Waals surface area contributed by atoms with Gasteiger partial charge >= 0.3 is 6.09 Å². The van der Waals surface area contributed by atoms with E-state index in [4.69, 9.17) is 16.3 Å². The maximum absolute atomic E-state index is 12.6. The average Bonchev–Trinajstić information content (AvgIpc) is 2.85. The quantitative estimate of drug-likeness (QED) is 0.770. The first kappa shape index (κ1) is 16.8. The second kappa shape index (κ2) is 6.29. The van der Waals surface area contributed by atoms with Crippen molar-refractivity contribution < 1.29 is 14.3 Å². The van der Waals surface area contributed by atoms with Crippen molar-refractivity contribution in [3.05, 3.63) is 34.3 Å². The summed E-state index contributed by atoms with van der Waals surface area (Å²) in [6.45, 7) is 8.34. The van der Waals surface area contributed by atoms with Crippen LogP contribution in [0.1, 0.15) is 43.1 Å². The van der Waals surface area contributed by atoms with E-state index in [2.05, 4.69) is 0 Å². The van der Waals surface area contributed by atoms with Gasteiger partial charge in [0.15, 0.2) is 5.78 Å². The highest BCUT2D eigenvalue weighted by Crippen LogP contribution is 2.25. The number of carbonyl (C=O) groups excluding carboxylic acids is 2. The maximum atomic E-state index is 12.6. The van der Waals surface area contributed by atoms with Crippen LogP contribution in [0.25, 0.3) is 0 Å². The van der Waals surface area contributed by atoms with Crippen LogP contribution in [0.15, 0.2) is 18.2 Å². The first-order valence-corrected chi connectivity index (χ1v) is 7.83. The van der Waals surface area contributed by atoms with Crippen molar-refractivity contribution in [1.82, 2.24) is 4.90 Å². The number of Topliss-reactive ketones (excluding diaryl/α,β-unsaturated/α-hetero) is 1. The Bertz CT molecular complexity index is 592. The van der Waals surface area contributed by atoms with Gasteiger partial charge in [-0.2, -0.15) is 0 Å². The monoisotopic (exact) mass is 323 g/mol. The Morgan fingerprint density at radius 2 is 2.00 bits per heavy atom. The number of aryl methyl sites for hydroxylation is 1. The number of hydrogen-bond acceptors (Lipinski definition) is 3. The number of rotatable bonds is 2. The molecule has 0 spiro atoms. The van der Waals surface area contributed by atoms with E-state index in [1.807, 2.05) is 27.7 Å². The number of nitrogens with zero attached hydrogens (tertiary/aromatic N) is 1. The van der Waals surface area contributed by atoms with E-state index in [0.29, 0.717) is 30.1 Å². The molecular formula is C17H22ClNO3. The second-order valence-corrected chi connectivity index (χ2v) is 7.17. The van der Waals surface area contributed by atoms with Crippen LogP contribution < -0.4 is 0 Å². The third-order valence-electron chi connectivity index (χ3n) is 3.66. The van der Waals surface area contributed by atoms with Gasteiger partial charge in [-0.3, -0.25) is 4.79 Å². The number of benzene rings is 1. The van der Waals surface area contributed by atoms with Crippen LogP contribution in [0.2, 0.25) is 5.02 Å². The Labute approximate surface area is 136 Å². The number of likely N-dealkylation sites (tertiary alicyclic amines) is 1. The predicted molar refractivity (Wildman–Crippen MR) is 86.4 cm³/mol. The van der Waals surface area contributed by atoms with Crippen LogP contribution in [0.4, 0.5) is 4.79 Å². The van der Waals surface area contributed by atoms with Crippen LogP contribution >= 0.6 is 11.6 Å². The van der Waals surface area contributed by atoms with E-state index < -0.39 is 5.60 Å². The smallest absolute Gasteiger partial charge is 0.410 e. The van der Waals surface area contributed by atoms with E-state index >= 15 is 0 Å². The highest BCUT2D eigenvalue weighted by molar-refractivity contribution is 6.30. The van der Waals surface area contributed by atoms with Gasteiger partial charge in [0.05, 0.1) is 0 Å². The molecule has 1 amide bonds. The van der Waals surface area contributed by atoms with Crippen molar-refractivity contribution in [2.45, 2.75) is 39.7 Å². The van der Waals surface area contributed by atoms with Gasteiger partial charge in [0.2, 0.25) is 0 Å². The normalized spacial score (nSPS) is 18.4. The van der Waals surface area contributed by atoms with Crippen molar-refractivity contribution in [2.24, 2.45) is 5.92 Å². The minimum atomic E-state index is -0.522. The lowest BCUT2D eigenvalue weighted by Gasteiger charge is -2.24. The average molecular weight is 324 g/mol. The summed E-state index contributed by atoms with van der Waals surface area (Å²) in [5.74, 6) is -0.104. The fraction of sp³-hybridized carbons (Fsp3) is 0.529. The summed E-state index contributed by atoms with van der Waals surface area (Å²) < 4.78 is 5.35. The Balaban J connectivity index is 2.03. The van der Waals surface area contributed by atoms with E-state index in [-0.39, 0.29) is 17.8 Å². The molecule has 1 atom stereocenters. The number of amides is 1. The molecule has 0 saturated carbocycles. The molecule has 0 aliphatic carbocycles. The van der Waals surface area contributed by atoms with Crippen molar-refractivity contribution in [3.63, 3.8) is 0 Å². The fourth-order valence-electron chi connectivity index (χ4n) is 2.59. The predicted octanol–water partition coefficient (Wildman–Crippen LogP) is 4.09. The van der Waals surface area contributed by atoms with Crippen LogP contribution in [-0.2, 0) is 4.74 Å². The molecule has 22 heavy (non-hydrogen) atoms. The van der Waals surface area contributed by atoms with E-state index in [1.54, 1.807) is 23.1 Å². The molecule has 0 N–H and O–H groups in total. The summed E-state index contributed by atoms with van der Waals surface area (Å²) in [5, 5.41) is 0.621.